The SMILES string of the molecule is N#Cc1ccc(C(=O)N2CCCN(c3ccc(C(=O)NC(CC(=O)O)c4cccs4)cc3NC(=O)C3CC3)CC2)cc1. The number of hydrogen-bond donors (Lipinski definition) is 3. The highest BCUT2D eigenvalue weighted by molar-refractivity contribution is 7.10. The van der Waals surface area contributed by atoms with Crippen LogP contribution in [0.3, 0.4) is 0 Å². The first-order valence-corrected chi connectivity index (χ1v) is 14.8. The number of nitrogens with one attached hydrogen (secondary N) is 2. The van der Waals surface area contributed by atoms with Gasteiger partial charge in [-0.25, -0.2) is 0 Å². The third-order valence-electron chi connectivity index (χ3n) is 7.42. The fourth-order valence-corrected chi connectivity index (χ4v) is 5.77. The van der Waals surface area contributed by atoms with E-state index in [1.807, 2.05) is 11.4 Å². The van der Waals surface area contributed by atoms with Crippen molar-refractivity contribution in [2.45, 2.75) is 31.7 Å². The van der Waals surface area contributed by atoms with Gasteiger partial charge in [0.1, 0.15) is 0 Å². The standard InChI is InChI=1S/C31H31N5O5S/c32-19-20-4-6-22(7-5-20)31(41)36-13-2-12-35(14-15-36)26-11-10-23(17-24(26)33-29(39)21-8-9-21)30(40)34-25(18-28(37)38)27-3-1-16-42-27/h1,3-7,10-11,16-17,21,25H,2,8-9,12-15,18H2,(H,33,39)(H,34,40)(H,37,38). The molecule has 1 aliphatic heterocycles. The van der Waals surface area contributed by atoms with Crippen LogP contribution in [0.5, 0.6) is 0 Å². The monoisotopic (exact) mass is 585 g/mol. The summed E-state index contributed by atoms with van der Waals surface area (Å²) in [5, 5.41) is 26.1. The molecule has 3 N–H and O–H groups in total. The average Bonchev–Trinajstić information content (AvgIpc) is 3.76. The molecule has 0 bridgehead atoms. The van der Waals surface area contributed by atoms with Crippen molar-refractivity contribution in [2.75, 3.05) is 36.4 Å². The Bertz CT molecular complexity index is 1510. The summed E-state index contributed by atoms with van der Waals surface area (Å²) in [6.45, 7) is 2.20. The van der Waals surface area contributed by atoms with E-state index in [9.17, 15) is 24.3 Å². The molecule has 2 aromatic carbocycles. The Morgan fingerprint density at radius 1 is 1.00 bits per heavy atom. The molecule has 11 heteroatoms. The number of aliphatic carboxylic acids is 1. The third kappa shape index (κ3) is 6.95. The summed E-state index contributed by atoms with van der Waals surface area (Å²) in [5.74, 6) is -1.69. The van der Waals surface area contributed by atoms with E-state index in [-0.39, 0.29) is 24.2 Å². The van der Waals surface area contributed by atoms with Crippen LogP contribution in [-0.2, 0) is 9.59 Å². The molecule has 2 aliphatic rings. The Balaban J connectivity index is 1.34. The van der Waals surface area contributed by atoms with Crippen molar-refractivity contribution in [3.05, 3.63) is 81.5 Å². The topological polar surface area (TPSA) is 143 Å². The second-order valence-electron chi connectivity index (χ2n) is 10.5. The zero-order chi connectivity index (χ0) is 29.6. The molecule has 0 spiro atoms. The smallest absolute Gasteiger partial charge is 0.305 e. The van der Waals surface area contributed by atoms with Gasteiger partial charge in [-0.1, -0.05) is 6.07 Å². The highest BCUT2D eigenvalue weighted by atomic mass is 32.1. The number of carbonyl (C=O) groups excluding carboxylic acids is 3. The fourth-order valence-electron chi connectivity index (χ4n) is 4.99. The first kappa shape index (κ1) is 28.8. The molecule has 216 valence electrons. The van der Waals surface area contributed by atoms with Crippen LogP contribution in [0, 0.1) is 17.2 Å². The first-order chi connectivity index (χ1) is 20.3. The van der Waals surface area contributed by atoms with E-state index in [2.05, 4.69) is 21.6 Å². The molecule has 1 aromatic heterocycles. The summed E-state index contributed by atoms with van der Waals surface area (Å²) in [6, 6.07) is 16.7. The van der Waals surface area contributed by atoms with E-state index >= 15 is 0 Å². The molecule has 0 radical (unpaired) electrons. The lowest BCUT2D eigenvalue weighted by molar-refractivity contribution is -0.137. The van der Waals surface area contributed by atoms with Gasteiger partial charge >= 0.3 is 5.97 Å². The molecular weight excluding hydrogens is 554 g/mol. The van der Waals surface area contributed by atoms with Crippen LogP contribution in [0.1, 0.15) is 62.9 Å². The van der Waals surface area contributed by atoms with Crippen LogP contribution in [0.25, 0.3) is 0 Å². The Labute approximate surface area is 247 Å². The molecular formula is C31H31N5O5S. The largest absolute Gasteiger partial charge is 0.481 e. The molecule has 10 nitrogen and oxygen atoms in total. The normalized spacial score (nSPS) is 15.7. The van der Waals surface area contributed by atoms with Crippen molar-refractivity contribution in [1.29, 1.82) is 5.26 Å². The van der Waals surface area contributed by atoms with Gasteiger partial charge < -0.3 is 25.5 Å². The van der Waals surface area contributed by atoms with Crippen molar-refractivity contribution in [1.82, 2.24) is 10.2 Å². The lowest BCUT2D eigenvalue weighted by Crippen LogP contribution is -2.35. The number of amides is 3. The predicted molar refractivity (Wildman–Crippen MR) is 158 cm³/mol. The molecule has 2 heterocycles. The number of rotatable bonds is 9. The lowest BCUT2D eigenvalue weighted by atomic mass is 10.1. The number of anilines is 2. The maximum atomic E-state index is 13.3. The molecule has 42 heavy (non-hydrogen) atoms. The maximum Gasteiger partial charge on any atom is 0.305 e. The summed E-state index contributed by atoms with van der Waals surface area (Å²) < 4.78 is 0. The Morgan fingerprint density at radius 2 is 1.76 bits per heavy atom. The number of carboxylic acids is 1. The summed E-state index contributed by atoms with van der Waals surface area (Å²) in [7, 11) is 0. The number of carboxylic acid groups (broad SMARTS) is 1. The molecule has 3 aromatic rings. The second kappa shape index (κ2) is 12.9. The van der Waals surface area contributed by atoms with E-state index in [0.29, 0.717) is 55.0 Å². The van der Waals surface area contributed by atoms with Crippen LogP contribution in [0.4, 0.5) is 11.4 Å². The van der Waals surface area contributed by atoms with Gasteiger partial charge in [0.2, 0.25) is 5.91 Å². The van der Waals surface area contributed by atoms with E-state index in [0.717, 1.165) is 23.4 Å². The average molecular weight is 586 g/mol. The van der Waals surface area contributed by atoms with Gasteiger partial charge in [-0.15, -0.1) is 11.3 Å². The summed E-state index contributed by atoms with van der Waals surface area (Å²) in [4.78, 5) is 55.3. The Kier molecular flexibility index (Phi) is 8.83. The van der Waals surface area contributed by atoms with Crippen molar-refractivity contribution in [3.8, 4) is 6.07 Å². The first-order valence-electron chi connectivity index (χ1n) is 13.9. The van der Waals surface area contributed by atoms with Crippen molar-refractivity contribution >= 4 is 46.4 Å². The van der Waals surface area contributed by atoms with Gasteiger partial charge in [-0.2, -0.15) is 5.26 Å². The Morgan fingerprint density at radius 3 is 2.43 bits per heavy atom. The number of thiophene rings is 1. The quantitative estimate of drug-likeness (QED) is 0.340. The summed E-state index contributed by atoms with van der Waals surface area (Å²) in [5.41, 5.74) is 2.60. The molecule has 1 atom stereocenters. The van der Waals surface area contributed by atoms with Gasteiger partial charge in [0, 0.05) is 48.1 Å². The highest BCUT2D eigenvalue weighted by Gasteiger charge is 2.31. The van der Waals surface area contributed by atoms with E-state index < -0.39 is 17.9 Å². The van der Waals surface area contributed by atoms with Crippen LogP contribution in [0.2, 0.25) is 0 Å². The van der Waals surface area contributed by atoms with Gasteiger partial charge in [0.25, 0.3) is 11.8 Å². The van der Waals surface area contributed by atoms with Crippen molar-refractivity contribution < 1.29 is 24.3 Å². The Hall–Kier alpha value is -4.69. The number of benzene rings is 2. The van der Waals surface area contributed by atoms with Gasteiger partial charge in [0.15, 0.2) is 0 Å². The van der Waals surface area contributed by atoms with Crippen molar-refractivity contribution in [2.24, 2.45) is 5.92 Å². The van der Waals surface area contributed by atoms with E-state index in [4.69, 9.17) is 5.26 Å². The summed E-state index contributed by atoms with van der Waals surface area (Å²) >= 11 is 1.37. The molecule has 1 aliphatic carbocycles. The van der Waals surface area contributed by atoms with Crippen LogP contribution >= 0.6 is 11.3 Å². The number of hydrogen-bond acceptors (Lipinski definition) is 7. The molecule has 2 fully saturated rings. The highest BCUT2D eigenvalue weighted by Crippen LogP contribution is 2.34. The zero-order valence-electron chi connectivity index (χ0n) is 22.9. The zero-order valence-corrected chi connectivity index (χ0v) is 23.7. The predicted octanol–water partition coefficient (Wildman–Crippen LogP) is 4.27. The summed E-state index contributed by atoms with van der Waals surface area (Å²) in [6.07, 6.45) is 2.11. The molecule has 1 saturated carbocycles. The third-order valence-corrected chi connectivity index (χ3v) is 8.41. The van der Waals surface area contributed by atoms with Crippen molar-refractivity contribution in [3.63, 3.8) is 0 Å². The number of nitriles is 1. The lowest BCUT2D eigenvalue weighted by Gasteiger charge is -2.27. The minimum Gasteiger partial charge on any atom is -0.481 e. The molecule has 3 amide bonds. The maximum absolute atomic E-state index is 13.3. The van der Waals surface area contributed by atoms with Crippen LogP contribution in [0.15, 0.2) is 60.0 Å². The van der Waals surface area contributed by atoms with Crippen LogP contribution < -0.4 is 15.5 Å². The van der Waals surface area contributed by atoms with Gasteiger partial charge in [-0.3, -0.25) is 19.2 Å². The van der Waals surface area contributed by atoms with E-state index in [1.54, 1.807) is 53.4 Å². The molecule has 1 unspecified atom stereocenters. The van der Waals surface area contributed by atoms with Crippen LogP contribution in [-0.4, -0.2) is 59.9 Å². The second-order valence-corrected chi connectivity index (χ2v) is 11.4. The van der Waals surface area contributed by atoms with E-state index in [1.165, 1.54) is 11.3 Å². The number of carbonyl (C=O) groups is 4. The van der Waals surface area contributed by atoms with Gasteiger partial charge in [0.05, 0.1) is 35.5 Å². The minimum absolute atomic E-state index is 0.0428. The molecule has 5 rings (SSSR count). The van der Waals surface area contributed by atoms with Gasteiger partial charge in [-0.05, 0) is 73.2 Å². The minimum atomic E-state index is -1.02. The molecule has 1 saturated heterocycles. The fraction of sp³-hybridized carbons (Fsp3) is 0.323. The number of nitrogens with zero attached hydrogens (tertiary/aromatic N) is 3.